The lowest BCUT2D eigenvalue weighted by Crippen LogP contribution is -2.05. The predicted molar refractivity (Wildman–Crippen MR) is 211 cm³/mol. The van der Waals surface area contributed by atoms with Crippen LogP contribution in [0, 0.1) is 0 Å². The van der Waals surface area contributed by atoms with Crippen molar-refractivity contribution in [2.45, 2.75) is 0 Å². The molecule has 52 heavy (non-hydrogen) atoms. The normalized spacial score (nSPS) is 11.5. The molecule has 3 aromatic heterocycles. The minimum absolute atomic E-state index is 0.0106. The maximum atomic E-state index is 13.3. The maximum Gasteiger partial charge on any atom is 0.235 e. The van der Waals surface area contributed by atoms with Crippen LogP contribution < -0.4 is 0 Å². The van der Waals surface area contributed by atoms with Crippen molar-refractivity contribution in [3.63, 3.8) is 0 Å². The highest BCUT2D eigenvalue weighted by molar-refractivity contribution is 6.23. The molecule has 244 valence electrons. The molecule has 10 rings (SSSR count). The third-order valence-electron chi connectivity index (χ3n) is 9.95. The fraction of sp³-hybridized carbons (Fsp3) is 0. The van der Waals surface area contributed by atoms with E-state index in [0.717, 1.165) is 66.4 Å². The molecule has 0 saturated heterocycles. The van der Waals surface area contributed by atoms with E-state index in [1.807, 2.05) is 78.9 Å². The van der Waals surface area contributed by atoms with Crippen LogP contribution in [0.4, 0.5) is 0 Å². The van der Waals surface area contributed by atoms with Crippen LogP contribution in [0.3, 0.4) is 0 Å². The summed E-state index contributed by atoms with van der Waals surface area (Å²) in [7, 11) is 0. The van der Waals surface area contributed by atoms with E-state index in [1.165, 1.54) is 5.39 Å². The van der Waals surface area contributed by atoms with Crippen molar-refractivity contribution in [1.29, 1.82) is 0 Å². The van der Waals surface area contributed by atoms with Crippen LogP contribution in [0.1, 0.15) is 15.9 Å². The Labute approximate surface area is 299 Å². The van der Waals surface area contributed by atoms with Gasteiger partial charge in [-0.3, -0.25) is 9.36 Å². The molecule has 0 saturated carbocycles. The molecule has 0 spiro atoms. The summed E-state index contributed by atoms with van der Waals surface area (Å²) in [6.07, 6.45) is 0. The Balaban J connectivity index is 1.27. The van der Waals surface area contributed by atoms with E-state index >= 15 is 0 Å². The standard InChI is InChI=1S/C47H30N4O/c52-46(33-16-6-2-7-17-33)34-26-24-32(25-27-34)41-30-40(31-14-4-1-5-15-31)48-47(49-41)51-43-23-13-11-21-37(43)39-29-28-38-36-20-10-12-22-42(36)50(44(38)45(39)51)35-18-8-3-9-19-35/h1-30H. The summed E-state index contributed by atoms with van der Waals surface area (Å²) < 4.78 is 4.60. The van der Waals surface area contributed by atoms with Gasteiger partial charge < -0.3 is 4.57 Å². The number of para-hydroxylation sites is 3. The SMILES string of the molecule is O=C(c1ccccc1)c1ccc(-c2cc(-c3ccccc3)nc(-n3c4ccccc4c4ccc5c6ccccc6n(-c6ccccc6)c5c43)n2)cc1. The molecule has 0 bridgehead atoms. The molecule has 0 atom stereocenters. The number of rotatable bonds is 6. The van der Waals surface area contributed by atoms with Crippen LogP contribution in [-0.2, 0) is 0 Å². The number of ketones is 1. The number of carbonyl (C=O) groups excluding carboxylic acids is 1. The van der Waals surface area contributed by atoms with Gasteiger partial charge in [0, 0.05) is 49.5 Å². The van der Waals surface area contributed by atoms with Crippen molar-refractivity contribution in [3.8, 4) is 34.2 Å². The molecular formula is C47H30N4O. The second kappa shape index (κ2) is 12.0. The molecule has 0 unspecified atom stereocenters. The van der Waals surface area contributed by atoms with Gasteiger partial charge in [0.15, 0.2) is 5.78 Å². The minimum atomic E-state index is -0.0106. The molecule has 0 aliphatic heterocycles. The molecule has 7 aromatic carbocycles. The van der Waals surface area contributed by atoms with Gasteiger partial charge in [-0.25, -0.2) is 9.97 Å². The average molecular weight is 667 g/mol. The summed E-state index contributed by atoms with van der Waals surface area (Å²) in [6, 6.07) is 61.5. The Morgan fingerprint density at radius 2 is 0.865 bits per heavy atom. The van der Waals surface area contributed by atoms with Crippen LogP contribution in [0.5, 0.6) is 0 Å². The quantitative estimate of drug-likeness (QED) is 0.166. The van der Waals surface area contributed by atoms with Gasteiger partial charge >= 0.3 is 0 Å². The Morgan fingerprint density at radius 1 is 0.404 bits per heavy atom. The molecule has 0 aliphatic carbocycles. The van der Waals surface area contributed by atoms with Crippen LogP contribution in [0.2, 0.25) is 0 Å². The molecule has 5 heteroatoms. The minimum Gasteiger partial charge on any atom is -0.307 e. The first-order valence-electron chi connectivity index (χ1n) is 17.4. The van der Waals surface area contributed by atoms with E-state index in [4.69, 9.17) is 9.97 Å². The molecule has 0 fully saturated rings. The van der Waals surface area contributed by atoms with Crippen molar-refractivity contribution in [3.05, 3.63) is 193 Å². The predicted octanol–water partition coefficient (Wildman–Crippen LogP) is 11.2. The number of nitrogens with zero attached hydrogens (tertiary/aromatic N) is 4. The summed E-state index contributed by atoms with van der Waals surface area (Å²) in [6.45, 7) is 0. The zero-order chi connectivity index (χ0) is 34.6. The van der Waals surface area contributed by atoms with E-state index in [2.05, 4.69) is 112 Å². The smallest absolute Gasteiger partial charge is 0.235 e. The largest absolute Gasteiger partial charge is 0.307 e. The monoisotopic (exact) mass is 666 g/mol. The Hall–Kier alpha value is -7.11. The van der Waals surface area contributed by atoms with E-state index in [9.17, 15) is 4.79 Å². The Kier molecular flexibility index (Phi) is 6.89. The van der Waals surface area contributed by atoms with Gasteiger partial charge in [-0.2, -0.15) is 0 Å². The van der Waals surface area contributed by atoms with E-state index < -0.39 is 0 Å². The summed E-state index contributed by atoms with van der Waals surface area (Å²) >= 11 is 0. The first-order valence-corrected chi connectivity index (χ1v) is 17.4. The van der Waals surface area contributed by atoms with Gasteiger partial charge in [0.1, 0.15) is 0 Å². The van der Waals surface area contributed by atoms with E-state index in [-0.39, 0.29) is 5.78 Å². The Morgan fingerprint density at radius 3 is 1.48 bits per heavy atom. The van der Waals surface area contributed by atoms with Gasteiger partial charge in [-0.05, 0) is 30.3 Å². The number of fused-ring (bicyclic) bond motifs is 7. The number of hydrogen-bond acceptors (Lipinski definition) is 3. The second-order valence-corrected chi connectivity index (χ2v) is 13.0. The van der Waals surface area contributed by atoms with Crippen LogP contribution >= 0.6 is 0 Å². The molecule has 3 heterocycles. The van der Waals surface area contributed by atoms with Crippen molar-refractivity contribution >= 4 is 49.4 Å². The van der Waals surface area contributed by atoms with Gasteiger partial charge in [0.25, 0.3) is 0 Å². The number of carbonyl (C=O) groups is 1. The number of aromatic nitrogens is 4. The molecule has 0 aliphatic rings. The third kappa shape index (κ3) is 4.75. The zero-order valence-electron chi connectivity index (χ0n) is 28.0. The first kappa shape index (κ1) is 29.8. The van der Waals surface area contributed by atoms with Crippen molar-refractivity contribution < 1.29 is 4.79 Å². The van der Waals surface area contributed by atoms with E-state index in [0.29, 0.717) is 17.1 Å². The van der Waals surface area contributed by atoms with Gasteiger partial charge in [-0.1, -0.05) is 152 Å². The fourth-order valence-electron chi connectivity index (χ4n) is 7.54. The van der Waals surface area contributed by atoms with Crippen LogP contribution in [0.15, 0.2) is 182 Å². The number of hydrogen-bond donors (Lipinski definition) is 0. The van der Waals surface area contributed by atoms with Gasteiger partial charge in [0.2, 0.25) is 5.95 Å². The van der Waals surface area contributed by atoms with Crippen LogP contribution in [0.25, 0.3) is 77.8 Å². The molecule has 0 amide bonds. The Bertz CT molecular complexity index is 2940. The highest BCUT2D eigenvalue weighted by atomic mass is 16.1. The molecule has 10 aromatic rings. The zero-order valence-corrected chi connectivity index (χ0v) is 28.0. The summed E-state index contributed by atoms with van der Waals surface area (Å²) in [5, 5.41) is 4.60. The fourth-order valence-corrected chi connectivity index (χ4v) is 7.54. The summed E-state index contributed by atoms with van der Waals surface area (Å²) in [5.74, 6) is 0.563. The maximum absolute atomic E-state index is 13.3. The highest BCUT2D eigenvalue weighted by Gasteiger charge is 2.23. The van der Waals surface area contributed by atoms with Gasteiger partial charge in [-0.15, -0.1) is 0 Å². The first-order chi connectivity index (χ1) is 25.7. The summed E-state index contributed by atoms with van der Waals surface area (Å²) in [4.78, 5) is 23.9. The average Bonchev–Trinajstić information content (AvgIpc) is 3.75. The van der Waals surface area contributed by atoms with Crippen molar-refractivity contribution in [2.75, 3.05) is 0 Å². The van der Waals surface area contributed by atoms with Crippen molar-refractivity contribution in [2.24, 2.45) is 0 Å². The lowest BCUT2D eigenvalue weighted by Gasteiger charge is -2.14. The molecule has 0 radical (unpaired) electrons. The van der Waals surface area contributed by atoms with Crippen LogP contribution in [-0.4, -0.2) is 24.9 Å². The van der Waals surface area contributed by atoms with Crippen molar-refractivity contribution in [1.82, 2.24) is 19.1 Å². The number of benzene rings is 7. The third-order valence-corrected chi connectivity index (χ3v) is 9.95. The lowest BCUT2D eigenvalue weighted by molar-refractivity contribution is 0.103. The molecule has 0 N–H and O–H groups in total. The molecule has 5 nitrogen and oxygen atoms in total. The second-order valence-electron chi connectivity index (χ2n) is 13.0. The van der Waals surface area contributed by atoms with E-state index in [1.54, 1.807) is 0 Å². The lowest BCUT2D eigenvalue weighted by atomic mass is 10.0. The summed E-state index contributed by atoms with van der Waals surface area (Å²) in [5.41, 5.74) is 10.1. The van der Waals surface area contributed by atoms with Gasteiger partial charge in [0.05, 0.1) is 33.5 Å². The molecular weight excluding hydrogens is 637 g/mol. The topological polar surface area (TPSA) is 52.7 Å². The highest BCUT2D eigenvalue weighted by Crippen LogP contribution is 2.41.